The van der Waals surface area contributed by atoms with Crippen molar-refractivity contribution in [3.8, 4) is 0 Å². The van der Waals surface area contributed by atoms with Crippen LogP contribution in [0.25, 0.3) is 11.7 Å². The fraction of sp³-hybridized carbons (Fsp3) is 0.550. The molecule has 2 aromatic heterocycles. The smallest absolute Gasteiger partial charge is 0.350 e. The monoisotopic (exact) mass is 392 g/mol. The van der Waals surface area contributed by atoms with E-state index < -0.39 is 11.9 Å². The van der Waals surface area contributed by atoms with Gasteiger partial charge < -0.3 is 5.32 Å². The summed E-state index contributed by atoms with van der Waals surface area (Å²) in [4.78, 5) is 16.4. The van der Waals surface area contributed by atoms with Gasteiger partial charge in [0.05, 0.1) is 5.69 Å². The van der Waals surface area contributed by atoms with Crippen molar-refractivity contribution in [1.82, 2.24) is 19.9 Å². The van der Waals surface area contributed by atoms with Crippen LogP contribution in [0.5, 0.6) is 0 Å². The number of amides is 1. The number of hydrogen-bond acceptors (Lipinski definition) is 3. The van der Waals surface area contributed by atoms with Gasteiger partial charge in [-0.1, -0.05) is 6.42 Å². The molecular weight excluding hydrogens is 369 g/mol. The first-order valence-corrected chi connectivity index (χ1v) is 9.64. The molecule has 1 N–H and O–H groups in total. The highest BCUT2D eigenvalue weighted by molar-refractivity contribution is 5.93. The van der Waals surface area contributed by atoms with Crippen molar-refractivity contribution in [1.29, 1.82) is 0 Å². The Morgan fingerprint density at radius 3 is 2.79 bits per heavy atom. The standard InChI is InChI=1S/C20H23F3N4O/c1-11(16-10-13-3-4-14(16)9-13)25-18(28)6-5-15-12(2)26-27-17(20(21,22)23)7-8-24-19(15)27/h5-8,11,13-14,16H,3-4,9-10H2,1-2H3,(H,25,28). The van der Waals surface area contributed by atoms with E-state index in [1.54, 1.807) is 6.92 Å². The first-order valence-electron chi connectivity index (χ1n) is 9.64. The molecule has 8 heteroatoms. The topological polar surface area (TPSA) is 59.3 Å². The molecule has 2 heterocycles. The highest BCUT2D eigenvalue weighted by atomic mass is 19.4. The van der Waals surface area contributed by atoms with Gasteiger partial charge in [0, 0.05) is 23.9 Å². The van der Waals surface area contributed by atoms with Gasteiger partial charge in [-0.15, -0.1) is 0 Å². The summed E-state index contributed by atoms with van der Waals surface area (Å²) in [6.07, 6.45) is 4.43. The van der Waals surface area contributed by atoms with Gasteiger partial charge in [-0.05, 0) is 63.0 Å². The van der Waals surface area contributed by atoms with E-state index in [-0.39, 0.29) is 17.6 Å². The van der Waals surface area contributed by atoms with Crippen LogP contribution in [0.1, 0.15) is 49.6 Å². The van der Waals surface area contributed by atoms with Crippen LogP contribution >= 0.6 is 0 Å². The molecule has 2 aliphatic rings. The van der Waals surface area contributed by atoms with Gasteiger partial charge in [0.25, 0.3) is 0 Å². The lowest BCUT2D eigenvalue weighted by Gasteiger charge is -2.28. The molecule has 0 radical (unpaired) electrons. The Hall–Kier alpha value is -2.38. The molecule has 2 bridgehead atoms. The van der Waals surface area contributed by atoms with Gasteiger partial charge in [0.1, 0.15) is 5.69 Å². The predicted octanol–water partition coefficient (Wildman–Crippen LogP) is 4.01. The number of halogens is 3. The second-order valence-electron chi connectivity index (χ2n) is 8.03. The number of nitrogens with one attached hydrogen (secondary N) is 1. The molecule has 0 aliphatic heterocycles. The average molecular weight is 392 g/mol. The minimum Gasteiger partial charge on any atom is -0.350 e. The zero-order valence-corrected chi connectivity index (χ0v) is 15.8. The van der Waals surface area contributed by atoms with Crippen LogP contribution in [0.3, 0.4) is 0 Å². The lowest BCUT2D eigenvalue weighted by atomic mass is 9.84. The molecule has 2 aliphatic carbocycles. The van der Waals surface area contributed by atoms with E-state index in [0.29, 0.717) is 23.1 Å². The van der Waals surface area contributed by atoms with Crippen LogP contribution < -0.4 is 5.32 Å². The van der Waals surface area contributed by atoms with Gasteiger partial charge in [-0.3, -0.25) is 4.79 Å². The first-order chi connectivity index (χ1) is 13.2. The number of aryl methyl sites for hydroxylation is 1. The van der Waals surface area contributed by atoms with Crippen molar-refractivity contribution in [3.63, 3.8) is 0 Å². The quantitative estimate of drug-likeness (QED) is 0.800. The Balaban J connectivity index is 1.50. The second-order valence-corrected chi connectivity index (χ2v) is 8.03. The number of alkyl halides is 3. The van der Waals surface area contributed by atoms with Crippen molar-refractivity contribution in [2.24, 2.45) is 17.8 Å². The average Bonchev–Trinajstić information content (AvgIpc) is 3.32. The van der Waals surface area contributed by atoms with Gasteiger partial charge in [-0.25, -0.2) is 9.50 Å². The van der Waals surface area contributed by atoms with Crippen molar-refractivity contribution in [2.75, 3.05) is 0 Å². The third kappa shape index (κ3) is 3.40. The molecule has 2 saturated carbocycles. The zero-order valence-electron chi connectivity index (χ0n) is 15.8. The van der Waals surface area contributed by atoms with Crippen LogP contribution in [0.15, 0.2) is 18.3 Å². The first kappa shape index (κ1) is 19.0. The number of carbonyl (C=O) groups excluding carboxylic acids is 1. The minimum atomic E-state index is -4.53. The Bertz CT molecular complexity index is 933. The van der Waals surface area contributed by atoms with Crippen molar-refractivity contribution in [3.05, 3.63) is 35.3 Å². The molecule has 5 nitrogen and oxygen atoms in total. The summed E-state index contributed by atoms with van der Waals surface area (Å²) in [5.74, 6) is 1.78. The Morgan fingerprint density at radius 2 is 2.14 bits per heavy atom. The zero-order chi connectivity index (χ0) is 20.1. The maximum Gasteiger partial charge on any atom is 0.433 e. The molecule has 28 heavy (non-hydrogen) atoms. The maximum absolute atomic E-state index is 13.2. The highest BCUT2D eigenvalue weighted by Crippen LogP contribution is 2.49. The van der Waals surface area contributed by atoms with E-state index in [2.05, 4.69) is 15.4 Å². The van der Waals surface area contributed by atoms with E-state index in [4.69, 9.17) is 0 Å². The summed E-state index contributed by atoms with van der Waals surface area (Å²) in [5.41, 5.74) is -0.0182. The van der Waals surface area contributed by atoms with Crippen LogP contribution in [-0.2, 0) is 11.0 Å². The molecule has 0 aromatic carbocycles. The normalized spacial score (nSPS) is 25.7. The van der Waals surface area contributed by atoms with Crippen molar-refractivity contribution in [2.45, 2.75) is 51.7 Å². The molecule has 1 amide bonds. The number of hydrogen-bond donors (Lipinski definition) is 1. The number of carbonyl (C=O) groups is 1. The molecule has 4 atom stereocenters. The van der Waals surface area contributed by atoms with Gasteiger partial charge in [0.15, 0.2) is 5.65 Å². The Labute approximate surface area is 161 Å². The molecule has 0 saturated heterocycles. The maximum atomic E-state index is 13.2. The molecule has 0 spiro atoms. The molecular formula is C20H23F3N4O. The number of nitrogens with zero attached hydrogens (tertiary/aromatic N) is 3. The van der Waals surface area contributed by atoms with Crippen LogP contribution in [0.4, 0.5) is 13.2 Å². The lowest BCUT2D eigenvalue weighted by Crippen LogP contribution is -2.39. The van der Waals surface area contributed by atoms with E-state index in [0.717, 1.165) is 22.7 Å². The summed E-state index contributed by atoms with van der Waals surface area (Å²) in [5, 5.41) is 6.98. The van der Waals surface area contributed by atoms with Gasteiger partial charge >= 0.3 is 6.18 Å². The van der Waals surface area contributed by atoms with Crippen molar-refractivity contribution >= 4 is 17.6 Å². The minimum absolute atomic E-state index is 0.0810. The molecule has 2 aromatic rings. The van der Waals surface area contributed by atoms with Crippen molar-refractivity contribution < 1.29 is 18.0 Å². The van der Waals surface area contributed by atoms with Crippen LogP contribution in [0, 0.1) is 24.7 Å². The van der Waals surface area contributed by atoms with Gasteiger partial charge in [-0.2, -0.15) is 18.3 Å². The Kier molecular flexibility index (Phi) is 4.67. The fourth-order valence-electron chi connectivity index (χ4n) is 4.92. The summed E-state index contributed by atoms with van der Waals surface area (Å²) >= 11 is 0. The van der Waals surface area contributed by atoms with E-state index in [1.807, 2.05) is 6.92 Å². The van der Waals surface area contributed by atoms with E-state index in [9.17, 15) is 18.0 Å². The number of fused-ring (bicyclic) bond motifs is 3. The molecule has 150 valence electrons. The number of aromatic nitrogens is 3. The summed E-state index contributed by atoms with van der Waals surface area (Å²) in [7, 11) is 0. The SMILES string of the molecule is Cc1nn2c(C(F)(F)F)ccnc2c1C=CC(=O)NC(C)C1CC2CCC1C2. The molecule has 2 fully saturated rings. The Morgan fingerprint density at radius 1 is 1.36 bits per heavy atom. The number of rotatable bonds is 4. The van der Waals surface area contributed by atoms with E-state index in [1.165, 1.54) is 37.8 Å². The molecule has 4 rings (SSSR count). The van der Waals surface area contributed by atoms with Crippen LogP contribution in [0.2, 0.25) is 0 Å². The third-order valence-corrected chi connectivity index (χ3v) is 6.24. The fourth-order valence-corrected chi connectivity index (χ4v) is 4.92. The summed E-state index contributed by atoms with van der Waals surface area (Å²) in [6, 6.07) is 0.976. The van der Waals surface area contributed by atoms with E-state index >= 15 is 0 Å². The van der Waals surface area contributed by atoms with Gasteiger partial charge in [0.2, 0.25) is 5.91 Å². The highest BCUT2D eigenvalue weighted by Gasteiger charge is 2.42. The van der Waals surface area contributed by atoms with Crippen LogP contribution in [-0.4, -0.2) is 26.5 Å². The molecule has 4 unspecified atom stereocenters. The lowest BCUT2D eigenvalue weighted by molar-refractivity contribution is -0.142. The summed E-state index contributed by atoms with van der Waals surface area (Å²) < 4.78 is 40.3. The predicted molar refractivity (Wildman–Crippen MR) is 98.3 cm³/mol. The largest absolute Gasteiger partial charge is 0.433 e. The summed E-state index contributed by atoms with van der Waals surface area (Å²) in [6.45, 7) is 3.64. The second kappa shape index (κ2) is 6.90. The third-order valence-electron chi connectivity index (χ3n) is 6.24.